The summed E-state index contributed by atoms with van der Waals surface area (Å²) < 4.78 is 27.0. The zero-order valence-electron chi connectivity index (χ0n) is 17.6. The average molecular weight is 433 g/mol. The summed E-state index contributed by atoms with van der Waals surface area (Å²) >= 11 is 0. The van der Waals surface area contributed by atoms with E-state index in [4.69, 9.17) is 0 Å². The smallest absolute Gasteiger partial charge is 0.187 e. The summed E-state index contributed by atoms with van der Waals surface area (Å²) in [7, 11) is -3.41. The highest BCUT2D eigenvalue weighted by molar-refractivity contribution is 7.92. The van der Waals surface area contributed by atoms with Crippen LogP contribution in [0, 0.1) is 0 Å². The van der Waals surface area contributed by atoms with Crippen molar-refractivity contribution in [2.75, 3.05) is 32.7 Å². The fraction of sp³-hybridized carbons (Fsp3) is 0.308. The van der Waals surface area contributed by atoms with Gasteiger partial charge in [-0.05, 0) is 29.2 Å². The third-order valence-electron chi connectivity index (χ3n) is 6.65. The van der Waals surface area contributed by atoms with Gasteiger partial charge < -0.3 is 4.90 Å². The van der Waals surface area contributed by atoms with Crippen LogP contribution in [-0.4, -0.2) is 50.9 Å². The quantitative estimate of drug-likeness (QED) is 0.608. The number of nitrogens with zero attached hydrogens (tertiary/aromatic N) is 2. The van der Waals surface area contributed by atoms with Crippen molar-refractivity contribution in [2.45, 2.75) is 22.6 Å². The summed E-state index contributed by atoms with van der Waals surface area (Å²) in [4.78, 5) is 5.39. The molecule has 3 aromatic carbocycles. The Balaban J connectivity index is 1.36. The maximum Gasteiger partial charge on any atom is 0.187 e. The van der Waals surface area contributed by atoms with Crippen LogP contribution in [0.15, 0.2) is 89.8 Å². The molecule has 1 saturated heterocycles. The zero-order valence-corrected chi connectivity index (χ0v) is 18.4. The summed E-state index contributed by atoms with van der Waals surface area (Å²) in [5.74, 6) is 0. The summed E-state index contributed by atoms with van der Waals surface area (Å²) in [6.07, 6.45) is 1.05. The van der Waals surface area contributed by atoms with E-state index in [-0.39, 0.29) is 6.04 Å². The van der Waals surface area contributed by atoms with Gasteiger partial charge in [0.1, 0.15) is 5.25 Å². The van der Waals surface area contributed by atoms with Gasteiger partial charge in [-0.1, -0.05) is 78.9 Å². The van der Waals surface area contributed by atoms with Gasteiger partial charge in [0, 0.05) is 32.7 Å². The molecule has 0 amide bonds. The van der Waals surface area contributed by atoms with Gasteiger partial charge in [0.2, 0.25) is 0 Å². The molecule has 2 unspecified atom stereocenters. The average Bonchev–Trinajstić information content (AvgIpc) is 3.06. The van der Waals surface area contributed by atoms with Crippen molar-refractivity contribution < 1.29 is 8.42 Å². The molecule has 0 spiro atoms. The molecule has 2 atom stereocenters. The molecule has 31 heavy (non-hydrogen) atoms. The van der Waals surface area contributed by atoms with Gasteiger partial charge in [-0.15, -0.1) is 0 Å². The third-order valence-corrected chi connectivity index (χ3v) is 8.84. The molecule has 4 nitrogen and oxygen atoms in total. The van der Waals surface area contributed by atoms with Crippen LogP contribution < -0.4 is 0 Å². The minimum absolute atomic E-state index is 0.125. The second-order valence-corrected chi connectivity index (χ2v) is 10.5. The Hall–Kier alpha value is -2.47. The van der Waals surface area contributed by atoms with Crippen molar-refractivity contribution in [1.29, 1.82) is 0 Å². The highest BCUT2D eigenvalue weighted by atomic mass is 32.2. The minimum atomic E-state index is -3.41. The number of fused-ring (bicyclic) bond motifs is 1. The molecule has 160 valence electrons. The molecule has 5 heteroatoms. The van der Waals surface area contributed by atoms with Gasteiger partial charge in [0.05, 0.1) is 10.9 Å². The van der Waals surface area contributed by atoms with Gasteiger partial charge in [-0.3, -0.25) is 4.90 Å². The zero-order chi connectivity index (χ0) is 21.3. The molecule has 0 N–H and O–H groups in total. The van der Waals surface area contributed by atoms with Gasteiger partial charge in [0.15, 0.2) is 9.84 Å². The Morgan fingerprint density at radius 3 is 2.06 bits per heavy atom. The molecule has 0 radical (unpaired) electrons. The van der Waals surface area contributed by atoms with Gasteiger partial charge in [0.25, 0.3) is 0 Å². The van der Waals surface area contributed by atoms with Crippen LogP contribution in [0.25, 0.3) is 0 Å². The van der Waals surface area contributed by atoms with Crippen molar-refractivity contribution in [1.82, 2.24) is 9.80 Å². The topological polar surface area (TPSA) is 40.6 Å². The first-order valence-electron chi connectivity index (χ1n) is 11.0. The molecule has 0 saturated carbocycles. The van der Waals surface area contributed by atoms with Crippen LogP contribution in [0.1, 0.15) is 28.0 Å². The lowest BCUT2D eigenvalue weighted by Gasteiger charge is -2.40. The molecular formula is C26H28N2O2S. The van der Waals surface area contributed by atoms with Crippen molar-refractivity contribution in [3.05, 3.63) is 102 Å². The van der Waals surface area contributed by atoms with E-state index in [1.807, 2.05) is 48.5 Å². The Bertz CT molecular complexity index is 1120. The molecular weight excluding hydrogens is 404 g/mol. The van der Waals surface area contributed by atoms with Crippen molar-refractivity contribution >= 4 is 9.84 Å². The summed E-state index contributed by atoms with van der Waals surface area (Å²) in [6.45, 7) is 4.74. The highest BCUT2D eigenvalue weighted by Crippen LogP contribution is 2.51. The first-order chi connectivity index (χ1) is 15.1. The van der Waals surface area contributed by atoms with E-state index >= 15 is 0 Å². The molecule has 0 aromatic heterocycles. The fourth-order valence-corrected chi connectivity index (χ4v) is 7.28. The van der Waals surface area contributed by atoms with E-state index in [2.05, 4.69) is 40.1 Å². The lowest BCUT2D eigenvalue weighted by molar-refractivity contribution is 0.0950. The van der Waals surface area contributed by atoms with Gasteiger partial charge in [-0.25, -0.2) is 8.42 Å². The molecule has 0 bridgehead atoms. The normalized spacial score (nSPS) is 23.5. The van der Waals surface area contributed by atoms with E-state index in [1.165, 1.54) is 5.56 Å². The minimum Gasteiger partial charge on any atom is -0.300 e. The van der Waals surface area contributed by atoms with Crippen LogP contribution in [0.2, 0.25) is 0 Å². The van der Waals surface area contributed by atoms with Gasteiger partial charge in [-0.2, -0.15) is 0 Å². The van der Waals surface area contributed by atoms with E-state index in [0.29, 0.717) is 4.90 Å². The Morgan fingerprint density at radius 2 is 1.35 bits per heavy atom. The Kier molecular flexibility index (Phi) is 5.65. The van der Waals surface area contributed by atoms with Crippen LogP contribution in [0.3, 0.4) is 0 Å². The Morgan fingerprint density at radius 1 is 0.742 bits per heavy atom. The first-order valence-corrected chi connectivity index (χ1v) is 12.6. The number of benzene rings is 3. The molecule has 2 aliphatic rings. The number of hydrogen-bond acceptors (Lipinski definition) is 4. The van der Waals surface area contributed by atoms with Crippen LogP contribution >= 0.6 is 0 Å². The van der Waals surface area contributed by atoms with E-state index in [0.717, 1.165) is 50.3 Å². The number of hydrogen-bond donors (Lipinski definition) is 0. The van der Waals surface area contributed by atoms with Gasteiger partial charge >= 0.3 is 0 Å². The highest BCUT2D eigenvalue weighted by Gasteiger charge is 2.48. The molecule has 5 rings (SSSR count). The second-order valence-electron chi connectivity index (χ2n) is 8.47. The van der Waals surface area contributed by atoms with E-state index in [1.54, 1.807) is 6.07 Å². The maximum absolute atomic E-state index is 13.5. The maximum atomic E-state index is 13.5. The lowest BCUT2D eigenvalue weighted by Crippen LogP contribution is -2.48. The fourth-order valence-electron chi connectivity index (χ4n) is 5.04. The summed E-state index contributed by atoms with van der Waals surface area (Å²) in [5, 5.41) is -0.540. The molecule has 2 heterocycles. The van der Waals surface area contributed by atoms with E-state index < -0.39 is 15.1 Å². The molecule has 0 aliphatic carbocycles. The summed E-state index contributed by atoms with van der Waals surface area (Å²) in [6, 6.07) is 27.8. The molecule has 3 aromatic rings. The third kappa shape index (κ3) is 3.93. The Labute approximate surface area is 185 Å². The SMILES string of the molecule is O=S1(=O)c2ccccc2C(N2CCN(CCc3ccccc3)CC2)C1c1ccccc1. The lowest BCUT2D eigenvalue weighted by atomic mass is 9.96. The summed E-state index contributed by atoms with van der Waals surface area (Å²) in [5.41, 5.74) is 3.20. The monoisotopic (exact) mass is 432 g/mol. The van der Waals surface area contributed by atoms with Crippen molar-refractivity contribution in [2.24, 2.45) is 0 Å². The van der Waals surface area contributed by atoms with Crippen LogP contribution in [-0.2, 0) is 16.3 Å². The molecule has 1 fully saturated rings. The largest absolute Gasteiger partial charge is 0.300 e. The number of rotatable bonds is 5. The predicted octanol–water partition coefficient (Wildman–Crippen LogP) is 4.12. The number of piperazine rings is 1. The second kappa shape index (κ2) is 8.58. The number of sulfone groups is 1. The van der Waals surface area contributed by atoms with Crippen LogP contribution in [0.4, 0.5) is 0 Å². The van der Waals surface area contributed by atoms with Crippen molar-refractivity contribution in [3.8, 4) is 0 Å². The predicted molar refractivity (Wildman–Crippen MR) is 124 cm³/mol. The van der Waals surface area contributed by atoms with Crippen LogP contribution in [0.5, 0.6) is 0 Å². The first kappa shape index (κ1) is 20.4. The molecule has 2 aliphatic heterocycles. The van der Waals surface area contributed by atoms with E-state index in [9.17, 15) is 8.42 Å². The standard InChI is InChI=1S/C26H28N2O2S/c29-31(30)24-14-8-7-13-23(24)25(26(31)22-11-5-2-6-12-22)28-19-17-27(18-20-28)16-15-21-9-3-1-4-10-21/h1-14,25-26H,15-20H2. The van der Waals surface area contributed by atoms with Crippen molar-refractivity contribution in [3.63, 3.8) is 0 Å².